The Bertz CT molecular complexity index is 1170. The highest BCUT2D eigenvalue weighted by Crippen LogP contribution is 2.57. The third kappa shape index (κ3) is 2.61. The van der Waals surface area contributed by atoms with Crippen molar-refractivity contribution in [2.24, 2.45) is 0 Å². The van der Waals surface area contributed by atoms with Gasteiger partial charge < -0.3 is 24.0 Å². The van der Waals surface area contributed by atoms with Gasteiger partial charge in [-0.1, -0.05) is 6.07 Å². The number of hydrogen-bond acceptors (Lipinski definition) is 6. The van der Waals surface area contributed by atoms with Crippen LogP contribution in [0.25, 0.3) is 0 Å². The first-order valence-corrected chi connectivity index (χ1v) is 11.2. The number of carbonyl (C=O) groups is 1. The number of likely N-dealkylation sites (N-methyl/N-ethyl adjacent to an activating group) is 1. The van der Waals surface area contributed by atoms with Crippen LogP contribution in [0.4, 0.5) is 0 Å². The summed E-state index contributed by atoms with van der Waals surface area (Å²) in [5.74, 6) is 0.140. The van der Waals surface area contributed by atoms with Crippen LogP contribution in [0.5, 0.6) is 5.75 Å². The first-order valence-electron chi connectivity index (χ1n) is 11.2. The lowest BCUT2D eigenvalue weighted by Crippen LogP contribution is -2.73. The fourth-order valence-corrected chi connectivity index (χ4v) is 6.54. The Labute approximate surface area is 187 Å². The molecule has 2 aromatic rings. The Morgan fingerprint density at radius 2 is 2.00 bits per heavy atom. The predicted molar refractivity (Wildman–Crippen MR) is 119 cm³/mol. The molecule has 0 spiro atoms. The number of carbonyl (C=O) groups excluding carboxylic acids is 1. The molecule has 170 valence electrons. The van der Waals surface area contributed by atoms with Crippen LogP contribution in [0, 0.1) is 0 Å². The molecule has 1 fully saturated rings. The van der Waals surface area contributed by atoms with E-state index in [1.807, 2.05) is 13.0 Å². The van der Waals surface area contributed by atoms with Gasteiger partial charge >= 0.3 is 5.97 Å². The molecule has 0 saturated carbocycles. The minimum Gasteiger partial charge on any atom is -0.497 e. The highest BCUT2D eigenvalue weighted by molar-refractivity contribution is 5.89. The number of nitrogens with zero attached hydrogens (tertiary/aromatic N) is 2. The van der Waals surface area contributed by atoms with Crippen LogP contribution in [0.1, 0.15) is 46.1 Å². The number of benzene rings is 1. The molecule has 7 heteroatoms. The number of rotatable bonds is 3. The summed E-state index contributed by atoms with van der Waals surface area (Å²) in [6, 6.07) is 7.77. The van der Waals surface area contributed by atoms with E-state index in [0.717, 1.165) is 42.0 Å². The number of fused-ring (bicyclic) bond motifs is 2. The second kappa shape index (κ2) is 7.18. The molecule has 1 unspecified atom stereocenters. The van der Waals surface area contributed by atoms with Gasteiger partial charge in [0.25, 0.3) is 5.56 Å². The maximum Gasteiger partial charge on any atom is 0.343 e. The largest absolute Gasteiger partial charge is 0.497 e. The Hall–Kier alpha value is -2.64. The van der Waals surface area contributed by atoms with Crippen molar-refractivity contribution in [1.82, 2.24) is 9.47 Å². The minimum absolute atomic E-state index is 0.0315. The monoisotopic (exact) mass is 438 g/mol. The molecular weight excluding hydrogens is 408 g/mol. The van der Waals surface area contributed by atoms with Crippen molar-refractivity contribution in [1.29, 1.82) is 0 Å². The Morgan fingerprint density at radius 3 is 2.69 bits per heavy atom. The number of piperidine rings is 1. The molecular formula is C25H30N2O5. The number of hydrogen-bond donors (Lipinski definition) is 1. The smallest absolute Gasteiger partial charge is 0.343 e. The van der Waals surface area contributed by atoms with Crippen LogP contribution < -0.4 is 10.3 Å². The number of ether oxygens (including phenoxy) is 2. The van der Waals surface area contributed by atoms with Gasteiger partial charge in [0.05, 0.1) is 19.8 Å². The standard InChI is InChI=1S/C25H30N2O5/c1-5-27-20-14-24-8-9-26(2)21(11-15-6-7-17(31-3)12-19(15)24)25(24,30)13-16(20)10-18(22(27)28)23(29)32-4/h6-7,10,12,21,30H,5,8-9,11,13-14H2,1-4H3/t21-,24?,25-/m1/s1. The summed E-state index contributed by atoms with van der Waals surface area (Å²) in [5.41, 5.74) is 2.29. The highest BCUT2D eigenvalue weighted by atomic mass is 16.5. The molecule has 1 saturated heterocycles. The molecule has 3 atom stereocenters. The predicted octanol–water partition coefficient (Wildman–Crippen LogP) is 1.69. The summed E-state index contributed by atoms with van der Waals surface area (Å²) in [7, 11) is 5.01. The third-order valence-corrected chi connectivity index (χ3v) is 8.19. The average molecular weight is 439 g/mol. The second-order valence-electron chi connectivity index (χ2n) is 9.40. The SMILES string of the molecule is CCn1c2c(cc(C(=O)OC)c1=O)C[C@@]1(O)[C@H]3Cc4ccc(OC)cc4C1(CCN3C)C2. The van der Waals surface area contributed by atoms with E-state index in [1.165, 1.54) is 12.7 Å². The topological polar surface area (TPSA) is 81.0 Å². The molecule has 1 N–H and O–H groups in total. The molecule has 0 amide bonds. The van der Waals surface area contributed by atoms with Gasteiger partial charge in [-0.2, -0.15) is 0 Å². The van der Waals surface area contributed by atoms with E-state index in [-0.39, 0.29) is 17.2 Å². The number of pyridine rings is 1. The van der Waals surface area contributed by atoms with E-state index in [2.05, 4.69) is 24.1 Å². The van der Waals surface area contributed by atoms with Crippen LogP contribution in [-0.2, 0) is 36.0 Å². The fourth-order valence-electron chi connectivity index (χ4n) is 6.54. The van der Waals surface area contributed by atoms with Crippen LogP contribution in [0.2, 0.25) is 0 Å². The lowest BCUT2D eigenvalue weighted by molar-refractivity contribution is -0.145. The Morgan fingerprint density at radius 1 is 1.22 bits per heavy atom. The van der Waals surface area contributed by atoms with Gasteiger partial charge in [0.1, 0.15) is 11.3 Å². The van der Waals surface area contributed by atoms with Crippen LogP contribution in [-0.4, -0.2) is 60.0 Å². The van der Waals surface area contributed by atoms with E-state index in [9.17, 15) is 14.7 Å². The van der Waals surface area contributed by atoms with Crippen LogP contribution >= 0.6 is 0 Å². The lowest BCUT2D eigenvalue weighted by Gasteiger charge is -2.63. The van der Waals surface area contributed by atoms with E-state index in [1.54, 1.807) is 17.7 Å². The zero-order valence-electron chi connectivity index (χ0n) is 19.1. The lowest BCUT2D eigenvalue weighted by atomic mass is 9.49. The van der Waals surface area contributed by atoms with Crippen molar-refractivity contribution in [2.45, 2.75) is 56.2 Å². The van der Waals surface area contributed by atoms with Gasteiger partial charge in [-0.3, -0.25) is 4.79 Å². The van der Waals surface area contributed by atoms with E-state index >= 15 is 0 Å². The van der Waals surface area contributed by atoms with Gasteiger partial charge in [0.15, 0.2) is 0 Å². The molecule has 2 aliphatic carbocycles. The summed E-state index contributed by atoms with van der Waals surface area (Å²) in [5, 5.41) is 12.4. The summed E-state index contributed by atoms with van der Waals surface area (Å²) in [4.78, 5) is 27.7. The number of aromatic nitrogens is 1. The molecule has 7 nitrogen and oxygen atoms in total. The molecule has 2 heterocycles. The molecule has 1 aliphatic heterocycles. The molecule has 32 heavy (non-hydrogen) atoms. The molecule has 2 bridgehead atoms. The average Bonchev–Trinajstić information content (AvgIpc) is 2.79. The van der Waals surface area contributed by atoms with Crippen molar-refractivity contribution >= 4 is 5.97 Å². The zero-order chi connectivity index (χ0) is 22.8. The van der Waals surface area contributed by atoms with Crippen LogP contribution in [0.3, 0.4) is 0 Å². The van der Waals surface area contributed by atoms with Crippen molar-refractivity contribution in [3.8, 4) is 5.75 Å². The van der Waals surface area contributed by atoms with E-state index < -0.39 is 17.0 Å². The molecule has 1 aromatic heterocycles. The molecule has 3 aliphatic rings. The van der Waals surface area contributed by atoms with Gasteiger partial charge in [0, 0.05) is 36.5 Å². The van der Waals surface area contributed by atoms with Crippen molar-refractivity contribution in [3.05, 3.63) is 62.6 Å². The Kier molecular flexibility index (Phi) is 4.76. The maximum absolute atomic E-state index is 13.2. The maximum atomic E-state index is 13.2. The first kappa shape index (κ1) is 21.2. The normalized spacial score (nSPS) is 28.3. The van der Waals surface area contributed by atoms with Gasteiger partial charge in [0.2, 0.25) is 0 Å². The number of aliphatic hydroxyl groups is 1. The summed E-state index contributed by atoms with van der Waals surface area (Å²) in [6.07, 6.45) is 2.47. The second-order valence-corrected chi connectivity index (χ2v) is 9.40. The molecule has 1 aromatic carbocycles. The number of esters is 1. The van der Waals surface area contributed by atoms with Crippen molar-refractivity contribution in [2.75, 3.05) is 27.8 Å². The summed E-state index contributed by atoms with van der Waals surface area (Å²) >= 11 is 0. The zero-order valence-corrected chi connectivity index (χ0v) is 19.1. The van der Waals surface area contributed by atoms with Gasteiger partial charge in [-0.15, -0.1) is 0 Å². The van der Waals surface area contributed by atoms with Crippen molar-refractivity contribution < 1.29 is 19.4 Å². The van der Waals surface area contributed by atoms with Crippen LogP contribution in [0.15, 0.2) is 29.1 Å². The molecule has 5 rings (SSSR count). The van der Waals surface area contributed by atoms with Crippen molar-refractivity contribution in [3.63, 3.8) is 0 Å². The summed E-state index contributed by atoms with van der Waals surface area (Å²) < 4.78 is 12.1. The fraction of sp³-hybridized carbons (Fsp3) is 0.520. The highest BCUT2D eigenvalue weighted by Gasteiger charge is 2.64. The van der Waals surface area contributed by atoms with Gasteiger partial charge in [-0.05, 0) is 68.2 Å². The van der Waals surface area contributed by atoms with Gasteiger partial charge in [-0.25, -0.2) is 4.79 Å². The van der Waals surface area contributed by atoms with E-state index in [4.69, 9.17) is 9.47 Å². The quantitative estimate of drug-likeness (QED) is 0.735. The first-order chi connectivity index (χ1) is 15.3. The summed E-state index contributed by atoms with van der Waals surface area (Å²) in [6.45, 7) is 3.24. The Balaban J connectivity index is 1.78. The van der Waals surface area contributed by atoms with E-state index in [0.29, 0.717) is 19.4 Å². The number of methoxy groups -OCH3 is 2. The minimum atomic E-state index is -1.02. The third-order valence-electron chi connectivity index (χ3n) is 8.19. The molecule has 0 radical (unpaired) electrons. The number of likely N-dealkylation sites (tertiary alicyclic amines) is 1.